The molecule has 7 nitrogen and oxygen atoms in total. The van der Waals surface area contributed by atoms with Gasteiger partial charge in [0.2, 0.25) is 0 Å². The molecule has 0 aromatic heterocycles. The van der Waals surface area contributed by atoms with Gasteiger partial charge in [0.05, 0.1) is 13.2 Å². The number of nitrogens with one attached hydrogen (secondary N) is 2. The number of likely N-dealkylation sites (N-methyl/N-ethyl adjacent to an activating group) is 1. The van der Waals surface area contributed by atoms with Crippen molar-refractivity contribution >= 4 is 12.1 Å². The first-order valence-electron chi connectivity index (χ1n) is 9.14. The summed E-state index contributed by atoms with van der Waals surface area (Å²) in [6.07, 6.45) is 1.62. The Hall–Kier alpha value is -1.50. The fourth-order valence-electron chi connectivity index (χ4n) is 2.51. The SMILES string of the molecule is CCNC(=NCCN(C)C(C)C)NC1CCN(C(=O)OCC)CC1. The van der Waals surface area contributed by atoms with E-state index in [-0.39, 0.29) is 6.09 Å². The maximum Gasteiger partial charge on any atom is 0.409 e. The second-order valence-electron chi connectivity index (χ2n) is 6.44. The second-order valence-corrected chi connectivity index (χ2v) is 6.44. The van der Waals surface area contributed by atoms with Gasteiger partial charge in [-0.15, -0.1) is 0 Å². The molecule has 0 aromatic carbocycles. The first-order valence-corrected chi connectivity index (χ1v) is 9.14. The zero-order chi connectivity index (χ0) is 17.9. The van der Waals surface area contributed by atoms with Gasteiger partial charge in [-0.3, -0.25) is 4.99 Å². The van der Waals surface area contributed by atoms with E-state index in [0.717, 1.165) is 51.5 Å². The van der Waals surface area contributed by atoms with Crippen molar-refractivity contribution in [3.05, 3.63) is 0 Å². The van der Waals surface area contributed by atoms with Gasteiger partial charge >= 0.3 is 6.09 Å². The zero-order valence-electron chi connectivity index (χ0n) is 16.0. The monoisotopic (exact) mass is 341 g/mol. The molecule has 7 heteroatoms. The molecule has 1 saturated heterocycles. The van der Waals surface area contributed by atoms with Gasteiger partial charge in [-0.05, 0) is 47.6 Å². The quantitative estimate of drug-likeness (QED) is 0.542. The third kappa shape index (κ3) is 7.38. The van der Waals surface area contributed by atoms with Crippen molar-refractivity contribution in [3.8, 4) is 0 Å². The number of carbonyl (C=O) groups excluding carboxylic acids is 1. The minimum absolute atomic E-state index is 0.201. The summed E-state index contributed by atoms with van der Waals surface area (Å²) >= 11 is 0. The third-order valence-electron chi connectivity index (χ3n) is 4.31. The number of likely N-dealkylation sites (tertiary alicyclic amines) is 1. The lowest BCUT2D eigenvalue weighted by Gasteiger charge is -2.32. The van der Waals surface area contributed by atoms with Crippen LogP contribution in [-0.2, 0) is 4.74 Å². The third-order valence-corrected chi connectivity index (χ3v) is 4.31. The Kier molecular flexibility index (Phi) is 9.52. The number of nitrogens with zero attached hydrogens (tertiary/aromatic N) is 3. The number of rotatable bonds is 7. The number of piperidine rings is 1. The van der Waals surface area contributed by atoms with E-state index < -0.39 is 0 Å². The molecular formula is C17H35N5O2. The van der Waals surface area contributed by atoms with Crippen molar-refractivity contribution < 1.29 is 9.53 Å². The van der Waals surface area contributed by atoms with Crippen LogP contribution in [0.5, 0.6) is 0 Å². The summed E-state index contributed by atoms with van der Waals surface area (Å²) in [5.74, 6) is 0.865. The number of carbonyl (C=O) groups is 1. The van der Waals surface area contributed by atoms with E-state index in [1.54, 1.807) is 4.90 Å². The molecule has 0 aromatic rings. The van der Waals surface area contributed by atoms with E-state index >= 15 is 0 Å². The zero-order valence-corrected chi connectivity index (χ0v) is 16.0. The molecule has 0 atom stereocenters. The van der Waals surface area contributed by atoms with Gasteiger partial charge in [-0.2, -0.15) is 0 Å². The van der Waals surface area contributed by atoms with E-state index in [1.807, 2.05) is 6.92 Å². The smallest absolute Gasteiger partial charge is 0.409 e. The molecule has 2 N–H and O–H groups in total. The second kappa shape index (κ2) is 11.1. The molecule has 0 unspecified atom stereocenters. The number of hydrogen-bond donors (Lipinski definition) is 2. The molecule has 1 aliphatic heterocycles. The molecule has 0 spiro atoms. The van der Waals surface area contributed by atoms with Gasteiger partial charge in [-0.25, -0.2) is 4.79 Å². The molecule has 1 rings (SSSR count). The molecule has 1 aliphatic rings. The van der Waals surface area contributed by atoms with Crippen LogP contribution in [0.3, 0.4) is 0 Å². The number of aliphatic imine (C=N–C) groups is 1. The highest BCUT2D eigenvalue weighted by Gasteiger charge is 2.23. The highest BCUT2D eigenvalue weighted by atomic mass is 16.6. The summed E-state index contributed by atoms with van der Waals surface area (Å²) in [6, 6.07) is 0.874. The van der Waals surface area contributed by atoms with Gasteiger partial charge in [0.15, 0.2) is 5.96 Å². The van der Waals surface area contributed by atoms with Gasteiger partial charge in [0, 0.05) is 38.3 Å². The number of amides is 1. The van der Waals surface area contributed by atoms with E-state index in [0.29, 0.717) is 18.7 Å². The summed E-state index contributed by atoms with van der Waals surface area (Å²) in [6.45, 7) is 12.7. The van der Waals surface area contributed by atoms with E-state index in [9.17, 15) is 4.79 Å². The van der Waals surface area contributed by atoms with Crippen LogP contribution in [0.4, 0.5) is 4.79 Å². The van der Waals surface area contributed by atoms with Crippen LogP contribution >= 0.6 is 0 Å². The van der Waals surface area contributed by atoms with Crippen molar-refractivity contribution in [2.24, 2.45) is 4.99 Å². The van der Waals surface area contributed by atoms with Crippen molar-refractivity contribution in [2.45, 2.75) is 52.6 Å². The van der Waals surface area contributed by atoms with Gasteiger partial charge in [-0.1, -0.05) is 0 Å². The largest absolute Gasteiger partial charge is 0.450 e. The van der Waals surface area contributed by atoms with Crippen LogP contribution in [0.15, 0.2) is 4.99 Å². The van der Waals surface area contributed by atoms with Gasteiger partial charge in [0.25, 0.3) is 0 Å². The minimum Gasteiger partial charge on any atom is -0.450 e. The maximum absolute atomic E-state index is 11.7. The highest BCUT2D eigenvalue weighted by molar-refractivity contribution is 5.80. The fraction of sp³-hybridized carbons (Fsp3) is 0.882. The molecule has 1 heterocycles. The molecule has 0 aliphatic carbocycles. The normalized spacial score (nSPS) is 16.6. The van der Waals surface area contributed by atoms with Crippen LogP contribution in [0.1, 0.15) is 40.5 Å². The Bertz CT molecular complexity index is 392. The Morgan fingerprint density at radius 1 is 1.33 bits per heavy atom. The summed E-state index contributed by atoms with van der Waals surface area (Å²) in [5.41, 5.74) is 0. The first-order chi connectivity index (χ1) is 11.5. The first kappa shape index (κ1) is 20.5. The number of hydrogen-bond acceptors (Lipinski definition) is 4. The lowest BCUT2D eigenvalue weighted by atomic mass is 10.1. The summed E-state index contributed by atoms with van der Waals surface area (Å²) in [7, 11) is 2.12. The Labute approximate surface area is 146 Å². The van der Waals surface area contributed by atoms with Crippen molar-refractivity contribution in [1.82, 2.24) is 20.4 Å². The lowest BCUT2D eigenvalue weighted by Crippen LogP contribution is -2.50. The van der Waals surface area contributed by atoms with Crippen molar-refractivity contribution in [1.29, 1.82) is 0 Å². The van der Waals surface area contributed by atoms with Crippen molar-refractivity contribution in [3.63, 3.8) is 0 Å². The number of guanidine groups is 1. The Balaban J connectivity index is 2.42. The molecule has 0 radical (unpaired) electrons. The Morgan fingerprint density at radius 3 is 2.54 bits per heavy atom. The summed E-state index contributed by atoms with van der Waals surface area (Å²) < 4.78 is 5.06. The maximum atomic E-state index is 11.7. The summed E-state index contributed by atoms with van der Waals surface area (Å²) in [4.78, 5) is 20.5. The predicted octanol–water partition coefficient (Wildman–Crippen LogP) is 1.50. The predicted molar refractivity (Wildman–Crippen MR) is 98.5 cm³/mol. The van der Waals surface area contributed by atoms with Crippen LogP contribution in [0, 0.1) is 0 Å². The van der Waals surface area contributed by atoms with E-state index in [2.05, 4.69) is 48.3 Å². The topological polar surface area (TPSA) is 69.2 Å². The van der Waals surface area contributed by atoms with Crippen molar-refractivity contribution in [2.75, 3.05) is 46.4 Å². The molecular weight excluding hydrogens is 306 g/mol. The molecule has 140 valence electrons. The molecule has 24 heavy (non-hydrogen) atoms. The minimum atomic E-state index is -0.201. The van der Waals surface area contributed by atoms with E-state index in [1.165, 1.54) is 0 Å². The Morgan fingerprint density at radius 2 is 2.00 bits per heavy atom. The van der Waals surface area contributed by atoms with Crippen LogP contribution in [0.2, 0.25) is 0 Å². The average molecular weight is 342 g/mol. The lowest BCUT2D eigenvalue weighted by molar-refractivity contribution is 0.0963. The highest BCUT2D eigenvalue weighted by Crippen LogP contribution is 2.11. The van der Waals surface area contributed by atoms with Gasteiger partial charge < -0.3 is 25.2 Å². The molecule has 1 fully saturated rings. The van der Waals surface area contributed by atoms with Gasteiger partial charge in [0.1, 0.15) is 0 Å². The molecule has 1 amide bonds. The summed E-state index contributed by atoms with van der Waals surface area (Å²) in [5, 5.41) is 6.80. The standard InChI is InChI=1S/C17H35N5O2/c1-6-18-16(19-10-13-21(5)14(3)4)20-15-8-11-22(12-9-15)17(23)24-7-2/h14-15H,6-13H2,1-5H3,(H2,18,19,20). The molecule has 0 bridgehead atoms. The van der Waals surface area contributed by atoms with E-state index in [4.69, 9.17) is 4.74 Å². The van der Waals surface area contributed by atoms with Crippen LogP contribution in [0.25, 0.3) is 0 Å². The number of ether oxygens (including phenoxy) is 1. The molecule has 0 saturated carbocycles. The average Bonchev–Trinajstić information content (AvgIpc) is 2.55. The fourth-order valence-corrected chi connectivity index (χ4v) is 2.51. The van der Waals surface area contributed by atoms with Crippen LogP contribution < -0.4 is 10.6 Å². The van der Waals surface area contributed by atoms with Crippen LogP contribution in [-0.4, -0.2) is 80.3 Å².